The van der Waals surface area contributed by atoms with Gasteiger partial charge in [0.1, 0.15) is 6.10 Å². The van der Waals surface area contributed by atoms with Crippen LogP contribution in [0.3, 0.4) is 0 Å². The molecule has 5 nitrogen and oxygen atoms in total. The Balaban J connectivity index is 1.90. The monoisotopic (exact) mass is 241 g/mol. The van der Waals surface area contributed by atoms with E-state index in [4.69, 9.17) is 9.84 Å². The van der Waals surface area contributed by atoms with Gasteiger partial charge in [-0.2, -0.15) is 0 Å². The third-order valence-corrected chi connectivity index (χ3v) is 3.54. The predicted octanol–water partition coefficient (Wildman–Crippen LogP) is 0.877. The molecular weight excluding hydrogens is 222 g/mol. The number of likely N-dealkylation sites (tertiary alicyclic amines) is 1. The molecule has 0 aromatic rings. The first-order chi connectivity index (χ1) is 8.08. The number of carboxylic acid groups (broad SMARTS) is 1. The molecule has 2 fully saturated rings. The maximum absolute atomic E-state index is 12.1. The summed E-state index contributed by atoms with van der Waals surface area (Å²) >= 11 is 0. The number of hydrogen-bond acceptors (Lipinski definition) is 3. The van der Waals surface area contributed by atoms with Gasteiger partial charge >= 0.3 is 5.97 Å². The summed E-state index contributed by atoms with van der Waals surface area (Å²) in [7, 11) is 0. The quantitative estimate of drug-likeness (QED) is 0.779. The van der Waals surface area contributed by atoms with Crippen LogP contribution >= 0.6 is 0 Å². The SMILES string of the molecule is CC1CCCN(C(=O)C2CCC(C(=O)O)O2)C1. The second-order valence-corrected chi connectivity index (χ2v) is 5.06. The first-order valence-electron chi connectivity index (χ1n) is 6.25. The van der Waals surface area contributed by atoms with Crippen molar-refractivity contribution in [1.29, 1.82) is 0 Å². The van der Waals surface area contributed by atoms with Crippen LogP contribution in [0, 0.1) is 5.92 Å². The summed E-state index contributed by atoms with van der Waals surface area (Å²) in [6, 6.07) is 0. The molecule has 2 rings (SSSR count). The molecule has 0 aromatic carbocycles. The van der Waals surface area contributed by atoms with Crippen LogP contribution in [0.4, 0.5) is 0 Å². The van der Waals surface area contributed by atoms with Crippen LogP contribution < -0.4 is 0 Å². The third kappa shape index (κ3) is 2.77. The van der Waals surface area contributed by atoms with Crippen LogP contribution in [-0.4, -0.2) is 47.2 Å². The van der Waals surface area contributed by atoms with Gasteiger partial charge in [-0.05, 0) is 31.6 Å². The van der Waals surface area contributed by atoms with Crippen molar-refractivity contribution < 1.29 is 19.4 Å². The minimum Gasteiger partial charge on any atom is -0.479 e. The largest absolute Gasteiger partial charge is 0.479 e. The average Bonchev–Trinajstić information content (AvgIpc) is 2.77. The van der Waals surface area contributed by atoms with Crippen molar-refractivity contribution in [3.8, 4) is 0 Å². The molecule has 0 bridgehead atoms. The minimum atomic E-state index is -0.965. The second-order valence-electron chi connectivity index (χ2n) is 5.06. The summed E-state index contributed by atoms with van der Waals surface area (Å²) < 4.78 is 5.28. The number of hydrogen-bond donors (Lipinski definition) is 1. The summed E-state index contributed by atoms with van der Waals surface area (Å²) in [6.07, 6.45) is 1.82. The van der Waals surface area contributed by atoms with Gasteiger partial charge in [-0.1, -0.05) is 6.92 Å². The number of carbonyl (C=O) groups is 2. The number of nitrogens with zero attached hydrogens (tertiary/aromatic N) is 1. The van der Waals surface area contributed by atoms with Crippen molar-refractivity contribution in [2.24, 2.45) is 5.92 Å². The Bertz CT molecular complexity index is 318. The molecule has 17 heavy (non-hydrogen) atoms. The standard InChI is InChI=1S/C12H19NO4/c1-8-3-2-6-13(7-8)11(14)9-4-5-10(17-9)12(15)16/h8-10H,2-7H2,1H3,(H,15,16). The smallest absolute Gasteiger partial charge is 0.332 e. The van der Waals surface area contributed by atoms with E-state index in [0.29, 0.717) is 18.8 Å². The molecule has 0 saturated carbocycles. The first-order valence-corrected chi connectivity index (χ1v) is 6.25. The molecule has 0 aliphatic carbocycles. The highest BCUT2D eigenvalue weighted by atomic mass is 16.5. The van der Waals surface area contributed by atoms with Gasteiger partial charge in [0.05, 0.1) is 0 Å². The number of carbonyl (C=O) groups excluding carboxylic acids is 1. The molecule has 3 atom stereocenters. The molecule has 2 aliphatic heterocycles. The lowest BCUT2D eigenvalue weighted by Crippen LogP contribution is -2.44. The van der Waals surface area contributed by atoms with Crippen molar-refractivity contribution >= 4 is 11.9 Å². The van der Waals surface area contributed by atoms with Gasteiger partial charge in [-0.15, -0.1) is 0 Å². The second kappa shape index (κ2) is 5.04. The predicted molar refractivity (Wildman–Crippen MR) is 60.5 cm³/mol. The Morgan fingerprint density at radius 3 is 2.53 bits per heavy atom. The van der Waals surface area contributed by atoms with E-state index >= 15 is 0 Å². The van der Waals surface area contributed by atoms with Gasteiger partial charge in [-0.25, -0.2) is 4.79 Å². The van der Waals surface area contributed by atoms with Gasteiger partial charge < -0.3 is 14.7 Å². The van der Waals surface area contributed by atoms with Gasteiger partial charge in [0.25, 0.3) is 5.91 Å². The molecule has 0 radical (unpaired) electrons. The highest BCUT2D eigenvalue weighted by Gasteiger charge is 2.37. The van der Waals surface area contributed by atoms with Crippen molar-refractivity contribution in [2.75, 3.05) is 13.1 Å². The topological polar surface area (TPSA) is 66.8 Å². The highest BCUT2D eigenvalue weighted by Crippen LogP contribution is 2.24. The molecule has 2 aliphatic rings. The number of piperidine rings is 1. The summed E-state index contributed by atoms with van der Waals surface area (Å²) in [5.74, 6) is -0.461. The number of aliphatic carboxylic acids is 1. The fourth-order valence-corrected chi connectivity index (χ4v) is 2.59. The Kier molecular flexibility index (Phi) is 3.66. The molecular formula is C12H19NO4. The van der Waals surface area contributed by atoms with Crippen molar-refractivity contribution in [3.05, 3.63) is 0 Å². The molecule has 0 spiro atoms. The van der Waals surface area contributed by atoms with Gasteiger partial charge in [0.15, 0.2) is 6.10 Å². The first kappa shape index (κ1) is 12.4. The van der Waals surface area contributed by atoms with Crippen LogP contribution in [0.25, 0.3) is 0 Å². The van der Waals surface area contributed by atoms with Gasteiger partial charge in [0.2, 0.25) is 0 Å². The van der Waals surface area contributed by atoms with E-state index in [1.807, 2.05) is 4.90 Å². The van der Waals surface area contributed by atoms with Crippen LogP contribution in [-0.2, 0) is 14.3 Å². The van der Waals surface area contributed by atoms with E-state index in [9.17, 15) is 9.59 Å². The van der Waals surface area contributed by atoms with E-state index in [2.05, 4.69) is 6.92 Å². The van der Waals surface area contributed by atoms with E-state index in [0.717, 1.165) is 25.9 Å². The Morgan fingerprint density at radius 1 is 1.24 bits per heavy atom. The van der Waals surface area contributed by atoms with E-state index < -0.39 is 18.2 Å². The van der Waals surface area contributed by atoms with Gasteiger partial charge in [0, 0.05) is 13.1 Å². The molecule has 2 saturated heterocycles. The fourth-order valence-electron chi connectivity index (χ4n) is 2.59. The van der Waals surface area contributed by atoms with E-state index in [1.54, 1.807) is 0 Å². The summed E-state index contributed by atoms with van der Waals surface area (Å²) in [5, 5.41) is 8.82. The normalized spacial score (nSPS) is 33.7. The highest BCUT2D eigenvalue weighted by molar-refractivity contribution is 5.82. The van der Waals surface area contributed by atoms with Crippen molar-refractivity contribution in [1.82, 2.24) is 4.90 Å². The molecule has 2 heterocycles. The Hall–Kier alpha value is -1.10. The van der Waals surface area contributed by atoms with E-state index in [-0.39, 0.29) is 5.91 Å². The van der Waals surface area contributed by atoms with E-state index in [1.165, 1.54) is 0 Å². The lowest BCUT2D eigenvalue weighted by Gasteiger charge is -2.32. The number of carboxylic acids is 1. The maximum Gasteiger partial charge on any atom is 0.332 e. The Labute approximate surface area is 101 Å². The maximum atomic E-state index is 12.1. The van der Waals surface area contributed by atoms with Crippen LogP contribution in [0.5, 0.6) is 0 Å². The zero-order valence-electron chi connectivity index (χ0n) is 10.1. The van der Waals surface area contributed by atoms with Crippen LogP contribution in [0.15, 0.2) is 0 Å². The average molecular weight is 241 g/mol. The third-order valence-electron chi connectivity index (χ3n) is 3.54. The minimum absolute atomic E-state index is 0.0275. The molecule has 0 aromatic heterocycles. The van der Waals surface area contributed by atoms with Crippen molar-refractivity contribution in [2.45, 2.75) is 44.8 Å². The lowest BCUT2D eigenvalue weighted by atomic mass is 9.99. The molecule has 3 unspecified atom stereocenters. The fraction of sp³-hybridized carbons (Fsp3) is 0.833. The molecule has 96 valence electrons. The summed E-state index contributed by atoms with van der Waals surface area (Å²) in [4.78, 5) is 24.7. The summed E-state index contributed by atoms with van der Waals surface area (Å²) in [6.45, 7) is 3.69. The number of rotatable bonds is 2. The van der Waals surface area contributed by atoms with Crippen molar-refractivity contribution in [3.63, 3.8) is 0 Å². The Morgan fingerprint density at radius 2 is 1.94 bits per heavy atom. The van der Waals surface area contributed by atoms with Crippen LogP contribution in [0.2, 0.25) is 0 Å². The number of ether oxygens (including phenoxy) is 1. The zero-order chi connectivity index (χ0) is 12.4. The molecule has 1 N–H and O–H groups in total. The lowest BCUT2D eigenvalue weighted by molar-refractivity contribution is -0.155. The number of amides is 1. The summed E-state index contributed by atoms with van der Waals surface area (Å²) in [5.41, 5.74) is 0. The molecule has 5 heteroatoms. The molecule has 1 amide bonds. The zero-order valence-corrected chi connectivity index (χ0v) is 10.1. The van der Waals surface area contributed by atoms with Gasteiger partial charge in [-0.3, -0.25) is 4.79 Å². The van der Waals surface area contributed by atoms with Crippen LogP contribution in [0.1, 0.15) is 32.6 Å².